The van der Waals surface area contributed by atoms with E-state index in [1.807, 2.05) is 12.1 Å². The minimum Gasteiger partial charge on any atom is -0.491 e. The van der Waals surface area contributed by atoms with Gasteiger partial charge in [-0.1, -0.05) is 6.07 Å². The number of ether oxygens (including phenoxy) is 1. The van der Waals surface area contributed by atoms with Crippen LogP contribution in [0.25, 0.3) is 0 Å². The minimum atomic E-state index is -0.485. The molecule has 0 saturated heterocycles. The van der Waals surface area contributed by atoms with Crippen molar-refractivity contribution in [3.8, 4) is 5.75 Å². The number of hydrogen-bond acceptors (Lipinski definition) is 3. The van der Waals surface area contributed by atoms with Crippen molar-refractivity contribution in [2.45, 2.75) is 19.8 Å². The Bertz CT molecular complexity index is 731. The largest absolute Gasteiger partial charge is 0.491 e. The summed E-state index contributed by atoms with van der Waals surface area (Å²) in [6.07, 6.45) is 1.86. The summed E-state index contributed by atoms with van der Waals surface area (Å²) >= 11 is 0. The van der Waals surface area contributed by atoms with E-state index in [1.165, 1.54) is 12.1 Å². The Morgan fingerprint density at radius 2 is 2.22 bits per heavy atom. The molecule has 0 bridgehead atoms. The number of carbonyl (C=O) groups is 1. The second kappa shape index (κ2) is 6.69. The summed E-state index contributed by atoms with van der Waals surface area (Å²) in [5, 5.41) is 6.05. The molecule has 0 fully saturated rings. The highest BCUT2D eigenvalue weighted by Gasteiger charge is 2.17. The highest BCUT2D eigenvalue weighted by atomic mass is 19.1. The van der Waals surface area contributed by atoms with Crippen molar-refractivity contribution in [1.29, 1.82) is 0 Å². The molecule has 4 nitrogen and oxygen atoms in total. The molecule has 0 radical (unpaired) electrons. The Balaban J connectivity index is 1.81. The number of hydrogen-bond donors (Lipinski definition) is 2. The molecule has 0 unspecified atom stereocenters. The summed E-state index contributed by atoms with van der Waals surface area (Å²) in [5.74, 6) is -0.526. The zero-order valence-corrected chi connectivity index (χ0v) is 13.0. The van der Waals surface area contributed by atoms with Gasteiger partial charge in [0.25, 0.3) is 5.91 Å². The van der Waals surface area contributed by atoms with Crippen molar-refractivity contribution < 1.29 is 13.9 Å². The van der Waals surface area contributed by atoms with Gasteiger partial charge in [0.1, 0.15) is 0 Å². The molecule has 23 heavy (non-hydrogen) atoms. The normalized spacial score (nSPS) is 13.0. The molecule has 2 aromatic rings. The van der Waals surface area contributed by atoms with Crippen LogP contribution in [0.4, 0.5) is 15.8 Å². The van der Waals surface area contributed by atoms with Crippen LogP contribution in [0.1, 0.15) is 29.3 Å². The Morgan fingerprint density at radius 3 is 3.00 bits per heavy atom. The van der Waals surface area contributed by atoms with Crippen LogP contribution in [-0.4, -0.2) is 19.1 Å². The van der Waals surface area contributed by atoms with Crippen LogP contribution in [0.15, 0.2) is 36.4 Å². The van der Waals surface area contributed by atoms with Crippen LogP contribution in [0.5, 0.6) is 5.75 Å². The topological polar surface area (TPSA) is 50.4 Å². The second-order valence-corrected chi connectivity index (χ2v) is 5.39. The fourth-order valence-corrected chi connectivity index (χ4v) is 2.77. The Morgan fingerprint density at radius 1 is 1.35 bits per heavy atom. The molecular formula is C18H19FN2O2. The Kier molecular flexibility index (Phi) is 4.46. The summed E-state index contributed by atoms with van der Waals surface area (Å²) in [7, 11) is 0. The predicted molar refractivity (Wildman–Crippen MR) is 88.8 cm³/mol. The second-order valence-electron chi connectivity index (χ2n) is 5.39. The van der Waals surface area contributed by atoms with Crippen LogP contribution < -0.4 is 15.4 Å². The molecule has 0 aromatic heterocycles. The van der Waals surface area contributed by atoms with Gasteiger partial charge in [0.05, 0.1) is 6.61 Å². The van der Waals surface area contributed by atoms with Crippen molar-refractivity contribution in [3.05, 3.63) is 53.3 Å². The molecular weight excluding hydrogens is 295 g/mol. The van der Waals surface area contributed by atoms with E-state index < -0.39 is 5.82 Å². The summed E-state index contributed by atoms with van der Waals surface area (Å²) in [4.78, 5) is 12.5. The molecule has 2 aromatic carbocycles. The highest BCUT2D eigenvalue weighted by molar-refractivity contribution is 6.06. The lowest BCUT2D eigenvalue weighted by Crippen LogP contribution is -2.19. The van der Waals surface area contributed by atoms with E-state index in [2.05, 4.69) is 10.6 Å². The fraction of sp³-hybridized carbons (Fsp3) is 0.278. The van der Waals surface area contributed by atoms with E-state index in [1.54, 1.807) is 19.1 Å². The number of benzene rings is 2. The number of rotatable bonds is 4. The van der Waals surface area contributed by atoms with Crippen LogP contribution in [0, 0.1) is 5.82 Å². The number of fused-ring (bicyclic) bond motifs is 1. The van der Waals surface area contributed by atoms with Crippen molar-refractivity contribution in [2.24, 2.45) is 0 Å². The number of nitrogens with one attached hydrogen (secondary N) is 2. The predicted octanol–water partition coefficient (Wildman–Crippen LogP) is 3.83. The van der Waals surface area contributed by atoms with E-state index in [4.69, 9.17) is 4.74 Å². The fourth-order valence-electron chi connectivity index (χ4n) is 2.77. The Hall–Kier alpha value is -2.56. The SMILES string of the molecule is CCOc1ccc(NC(=O)c2cccc3c2CCCN3)cc1F. The molecule has 0 spiro atoms. The first-order valence-corrected chi connectivity index (χ1v) is 7.78. The number of amides is 1. The van der Waals surface area contributed by atoms with Gasteiger partial charge in [-0.15, -0.1) is 0 Å². The molecule has 5 heteroatoms. The van der Waals surface area contributed by atoms with E-state index in [-0.39, 0.29) is 11.7 Å². The molecule has 120 valence electrons. The third-order valence-electron chi connectivity index (χ3n) is 3.83. The maximum atomic E-state index is 13.9. The third-order valence-corrected chi connectivity index (χ3v) is 3.83. The first-order chi connectivity index (χ1) is 11.2. The van der Waals surface area contributed by atoms with Crippen LogP contribution >= 0.6 is 0 Å². The van der Waals surface area contributed by atoms with Gasteiger partial charge in [0.15, 0.2) is 11.6 Å². The van der Waals surface area contributed by atoms with Crippen molar-refractivity contribution in [3.63, 3.8) is 0 Å². The summed E-state index contributed by atoms with van der Waals surface area (Å²) < 4.78 is 19.0. The first kappa shape index (κ1) is 15.3. The summed E-state index contributed by atoms with van der Waals surface area (Å²) in [6.45, 7) is 3.11. The van der Waals surface area contributed by atoms with Gasteiger partial charge < -0.3 is 15.4 Å². The highest BCUT2D eigenvalue weighted by Crippen LogP contribution is 2.27. The van der Waals surface area contributed by atoms with Crippen molar-refractivity contribution in [1.82, 2.24) is 0 Å². The molecule has 0 atom stereocenters. The minimum absolute atomic E-state index is 0.187. The average Bonchev–Trinajstić information content (AvgIpc) is 2.57. The maximum absolute atomic E-state index is 13.9. The van der Waals surface area contributed by atoms with Gasteiger partial charge in [0, 0.05) is 29.5 Å². The lowest BCUT2D eigenvalue weighted by Gasteiger charge is -2.20. The first-order valence-electron chi connectivity index (χ1n) is 7.78. The number of carbonyl (C=O) groups excluding carboxylic acids is 1. The van der Waals surface area contributed by atoms with Gasteiger partial charge in [-0.3, -0.25) is 4.79 Å². The smallest absolute Gasteiger partial charge is 0.256 e. The van der Waals surface area contributed by atoms with Crippen LogP contribution in [0.3, 0.4) is 0 Å². The number of halogens is 1. The lowest BCUT2D eigenvalue weighted by atomic mass is 9.97. The lowest BCUT2D eigenvalue weighted by molar-refractivity contribution is 0.102. The van der Waals surface area contributed by atoms with E-state index in [0.717, 1.165) is 30.6 Å². The van der Waals surface area contributed by atoms with Gasteiger partial charge in [-0.2, -0.15) is 0 Å². The monoisotopic (exact) mass is 314 g/mol. The van der Waals surface area contributed by atoms with E-state index in [9.17, 15) is 9.18 Å². The molecule has 1 amide bonds. The van der Waals surface area contributed by atoms with Gasteiger partial charge in [-0.25, -0.2) is 4.39 Å². The zero-order valence-electron chi connectivity index (χ0n) is 13.0. The summed E-state index contributed by atoms with van der Waals surface area (Å²) in [6, 6.07) is 10.1. The number of anilines is 2. The van der Waals surface area contributed by atoms with Gasteiger partial charge >= 0.3 is 0 Å². The maximum Gasteiger partial charge on any atom is 0.256 e. The van der Waals surface area contributed by atoms with Crippen molar-refractivity contribution in [2.75, 3.05) is 23.8 Å². The Labute approximate surface area is 134 Å². The van der Waals surface area contributed by atoms with Crippen LogP contribution in [-0.2, 0) is 6.42 Å². The van der Waals surface area contributed by atoms with Crippen LogP contribution in [0.2, 0.25) is 0 Å². The standard InChI is InChI=1S/C18H19FN2O2/c1-2-23-17-9-8-12(11-15(17)19)21-18(22)14-5-3-7-16-13(14)6-4-10-20-16/h3,5,7-9,11,20H,2,4,6,10H2,1H3,(H,21,22). The third kappa shape index (κ3) is 3.28. The quantitative estimate of drug-likeness (QED) is 0.901. The summed E-state index contributed by atoms with van der Waals surface area (Å²) in [5.41, 5.74) is 3.06. The van der Waals surface area contributed by atoms with E-state index in [0.29, 0.717) is 17.9 Å². The zero-order chi connectivity index (χ0) is 16.2. The molecule has 1 aliphatic rings. The molecule has 1 heterocycles. The molecule has 2 N–H and O–H groups in total. The average molecular weight is 314 g/mol. The van der Waals surface area contributed by atoms with Gasteiger partial charge in [0.2, 0.25) is 0 Å². The van der Waals surface area contributed by atoms with Gasteiger partial charge in [-0.05, 0) is 49.6 Å². The van der Waals surface area contributed by atoms with Crippen molar-refractivity contribution >= 4 is 17.3 Å². The molecule has 3 rings (SSSR count). The van der Waals surface area contributed by atoms with E-state index >= 15 is 0 Å². The molecule has 1 aliphatic heterocycles. The molecule has 0 saturated carbocycles. The molecule has 0 aliphatic carbocycles.